The normalized spacial score (nSPS) is 24.0. The van der Waals surface area contributed by atoms with Gasteiger partial charge < -0.3 is 4.74 Å². The molecular weight excluding hydrogens is 310 g/mol. The fraction of sp³-hybridized carbons (Fsp3) is 0.364. The van der Waals surface area contributed by atoms with Gasteiger partial charge in [0, 0.05) is 6.42 Å². The highest BCUT2D eigenvalue weighted by atomic mass is 16.5. The van der Waals surface area contributed by atoms with E-state index in [2.05, 4.69) is 6.07 Å². The van der Waals surface area contributed by atoms with Gasteiger partial charge in [-0.2, -0.15) is 5.26 Å². The van der Waals surface area contributed by atoms with Gasteiger partial charge in [-0.1, -0.05) is 30.7 Å². The van der Waals surface area contributed by atoms with Gasteiger partial charge in [0.1, 0.15) is 5.75 Å². The van der Waals surface area contributed by atoms with Gasteiger partial charge in [0.25, 0.3) is 0 Å². The summed E-state index contributed by atoms with van der Waals surface area (Å²) in [5, 5.41) is 8.86. The Kier molecular flexibility index (Phi) is 4.28. The van der Waals surface area contributed by atoms with Gasteiger partial charge in [0.05, 0.1) is 11.6 Å². The average molecular weight is 331 g/mol. The molecule has 0 saturated heterocycles. The molecule has 0 aromatic heterocycles. The molecule has 126 valence electrons. The summed E-state index contributed by atoms with van der Waals surface area (Å²) in [7, 11) is 0. The Labute approximate surface area is 148 Å². The molecule has 3 atom stereocenters. The Morgan fingerprint density at radius 1 is 1.00 bits per heavy atom. The largest absolute Gasteiger partial charge is 0.427 e. The number of rotatable bonds is 4. The van der Waals surface area contributed by atoms with Crippen LogP contribution in [0.15, 0.2) is 48.5 Å². The minimum Gasteiger partial charge on any atom is -0.427 e. The maximum Gasteiger partial charge on any atom is 0.311 e. The number of carbonyl (C=O) groups is 1. The number of fused-ring (bicyclic) bond motifs is 2. The summed E-state index contributed by atoms with van der Waals surface area (Å²) >= 11 is 0. The molecule has 0 heterocycles. The van der Waals surface area contributed by atoms with E-state index in [-0.39, 0.29) is 5.97 Å². The van der Waals surface area contributed by atoms with Gasteiger partial charge >= 0.3 is 5.97 Å². The van der Waals surface area contributed by atoms with Crippen molar-refractivity contribution < 1.29 is 9.53 Å². The summed E-state index contributed by atoms with van der Waals surface area (Å²) in [6, 6.07) is 17.1. The standard InChI is InChI=1S/C22H21NO2/c23-14-15-1-4-17(5-2-15)18-7-9-21(10-8-18)25-22(24)13-20-12-16-3-6-19(20)11-16/h1-2,4-5,7-10,16,19-20H,3,6,11-13H2/t16-,19-,20+/m1/s1. The number of ether oxygens (including phenoxy) is 1. The highest BCUT2D eigenvalue weighted by molar-refractivity contribution is 5.73. The zero-order chi connectivity index (χ0) is 17.2. The van der Waals surface area contributed by atoms with E-state index in [9.17, 15) is 4.79 Å². The van der Waals surface area contributed by atoms with Crippen molar-refractivity contribution in [3.8, 4) is 22.9 Å². The first kappa shape index (κ1) is 15.9. The summed E-state index contributed by atoms with van der Waals surface area (Å²) < 4.78 is 5.53. The van der Waals surface area contributed by atoms with Gasteiger partial charge in [-0.3, -0.25) is 4.79 Å². The van der Waals surface area contributed by atoms with Crippen molar-refractivity contribution in [1.82, 2.24) is 0 Å². The van der Waals surface area contributed by atoms with E-state index < -0.39 is 0 Å². The lowest BCUT2D eigenvalue weighted by molar-refractivity contribution is -0.135. The van der Waals surface area contributed by atoms with Gasteiger partial charge in [0.2, 0.25) is 0 Å². The fourth-order valence-electron chi connectivity index (χ4n) is 4.47. The lowest BCUT2D eigenvalue weighted by Gasteiger charge is -2.20. The van der Waals surface area contributed by atoms with Crippen molar-refractivity contribution in [2.45, 2.75) is 32.1 Å². The Morgan fingerprint density at radius 2 is 1.68 bits per heavy atom. The van der Waals surface area contributed by atoms with Crippen LogP contribution in [0.4, 0.5) is 0 Å². The van der Waals surface area contributed by atoms with Gasteiger partial charge in [-0.15, -0.1) is 0 Å². The smallest absolute Gasteiger partial charge is 0.311 e. The maximum atomic E-state index is 12.2. The molecule has 2 aliphatic rings. The molecule has 2 aromatic carbocycles. The zero-order valence-electron chi connectivity index (χ0n) is 14.2. The maximum absolute atomic E-state index is 12.2. The zero-order valence-corrected chi connectivity index (χ0v) is 14.2. The van der Waals surface area contributed by atoms with Crippen LogP contribution in [-0.4, -0.2) is 5.97 Å². The van der Waals surface area contributed by atoms with Crippen LogP contribution in [0.2, 0.25) is 0 Å². The molecule has 2 bridgehead atoms. The first-order chi connectivity index (χ1) is 12.2. The molecule has 0 aliphatic heterocycles. The third-order valence-electron chi connectivity index (χ3n) is 5.75. The highest BCUT2D eigenvalue weighted by Crippen LogP contribution is 2.49. The number of benzene rings is 2. The molecule has 2 fully saturated rings. The van der Waals surface area contributed by atoms with Crippen molar-refractivity contribution >= 4 is 5.97 Å². The van der Waals surface area contributed by atoms with Crippen molar-refractivity contribution in [3.63, 3.8) is 0 Å². The van der Waals surface area contributed by atoms with Crippen molar-refractivity contribution in [1.29, 1.82) is 5.26 Å². The summed E-state index contributed by atoms with van der Waals surface area (Å²) in [5.74, 6) is 2.63. The third-order valence-corrected chi connectivity index (χ3v) is 5.75. The molecule has 0 unspecified atom stereocenters. The predicted octanol–water partition coefficient (Wildman–Crippen LogP) is 4.96. The van der Waals surface area contributed by atoms with E-state index in [1.165, 1.54) is 25.7 Å². The molecule has 0 radical (unpaired) electrons. The summed E-state index contributed by atoms with van der Waals surface area (Å²) in [4.78, 5) is 12.2. The molecule has 2 aromatic rings. The van der Waals surface area contributed by atoms with Gasteiger partial charge in [0.15, 0.2) is 0 Å². The van der Waals surface area contributed by atoms with Crippen molar-refractivity contribution in [2.75, 3.05) is 0 Å². The monoisotopic (exact) mass is 331 g/mol. The Morgan fingerprint density at radius 3 is 2.24 bits per heavy atom. The second-order valence-corrected chi connectivity index (χ2v) is 7.33. The molecule has 0 N–H and O–H groups in total. The number of hydrogen-bond donors (Lipinski definition) is 0. The third kappa shape index (κ3) is 3.44. The molecule has 25 heavy (non-hydrogen) atoms. The average Bonchev–Trinajstić information content (AvgIpc) is 3.25. The Hall–Kier alpha value is -2.60. The Bertz CT molecular complexity index is 801. The van der Waals surface area contributed by atoms with Gasteiger partial charge in [-0.25, -0.2) is 0 Å². The van der Waals surface area contributed by atoms with Crippen LogP contribution >= 0.6 is 0 Å². The molecule has 4 rings (SSSR count). The summed E-state index contributed by atoms with van der Waals surface area (Å²) in [6.45, 7) is 0. The molecule has 0 spiro atoms. The van der Waals surface area contributed by atoms with E-state index in [0.29, 0.717) is 23.7 Å². The van der Waals surface area contributed by atoms with Crippen LogP contribution in [0.3, 0.4) is 0 Å². The van der Waals surface area contributed by atoms with Crippen LogP contribution in [0, 0.1) is 29.1 Å². The van der Waals surface area contributed by atoms with E-state index >= 15 is 0 Å². The van der Waals surface area contributed by atoms with E-state index in [1.807, 2.05) is 36.4 Å². The predicted molar refractivity (Wildman–Crippen MR) is 95.8 cm³/mol. The molecule has 2 aliphatic carbocycles. The fourth-order valence-corrected chi connectivity index (χ4v) is 4.47. The number of carbonyl (C=O) groups excluding carboxylic acids is 1. The van der Waals surface area contributed by atoms with Crippen LogP contribution in [0.25, 0.3) is 11.1 Å². The van der Waals surface area contributed by atoms with E-state index in [1.54, 1.807) is 12.1 Å². The summed E-state index contributed by atoms with van der Waals surface area (Å²) in [5.41, 5.74) is 2.73. The van der Waals surface area contributed by atoms with Gasteiger partial charge in [-0.05, 0) is 72.4 Å². The van der Waals surface area contributed by atoms with E-state index in [0.717, 1.165) is 23.0 Å². The molecule has 3 nitrogen and oxygen atoms in total. The molecular formula is C22H21NO2. The number of hydrogen-bond acceptors (Lipinski definition) is 3. The topological polar surface area (TPSA) is 50.1 Å². The number of nitrogens with zero attached hydrogens (tertiary/aromatic N) is 1. The quantitative estimate of drug-likeness (QED) is 0.588. The first-order valence-corrected chi connectivity index (χ1v) is 9.02. The number of nitriles is 1. The molecule has 0 amide bonds. The second kappa shape index (κ2) is 6.72. The first-order valence-electron chi connectivity index (χ1n) is 9.02. The lowest BCUT2D eigenvalue weighted by atomic mass is 9.86. The highest BCUT2D eigenvalue weighted by Gasteiger charge is 2.40. The SMILES string of the molecule is N#Cc1ccc(-c2ccc(OC(=O)C[C@@H]3C[C@@H]4CC[C@@H]3C4)cc2)cc1. The number of esters is 1. The van der Waals surface area contributed by atoms with E-state index in [4.69, 9.17) is 10.00 Å². The second-order valence-electron chi connectivity index (χ2n) is 7.33. The molecule has 3 heteroatoms. The van der Waals surface area contributed by atoms with Crippen molar-refractivity contribution in [2.24, 2.45) is 17.8 Å². The molecule has 2 saturated carbocycles. The minimum absolute atomic E-state index is 0.108. The minimum atomic E-state index is -0.108. The van der Waals surface area contributed by atoms with Crippen LogP contribution in [-0.2, 0) is 4.79 Å². The van der Waals surface area contributed by atoms with Crippen LogP contribution in [0.1, 0.15) is 37.7 Å². The van der Waals surface area contributed by atoms with Crippen molar-refractivity contribution in [3.05, 3.63) is 54.1 Å². The summed E-state index contributed by atoms with van der Waals surface area (Å²) in [6.07, 6.45) is 5.72. The lowest BCUT2D eigenvalue weighted by Crippen LogP contribution is -2.18. The van der Waals surface area contributed by atoms with Crippen LogP contribution in [0.5, 0.6) is 5.75 Å². The van der Waals surface area contributed by atoms with Crippen LogP contribution < -0.4 is 4.74 Å². The Balaban J connectivity index is 1.36.